The van der Waals surface area contributed by atoms with E-state index in [0.29, 0.717) is 22.9 Å². The maximum Gasteiger partial charge on any atom is 0.339 e. The van der Waals surface area contributed by atoms with Crippen LogP contribution in [0.2, 0.25) is 5.02 Å². The lowest BCUT2D eigenvalue weighted by molar-refractivity contribution is 0.0472. The molecule has 0 unspecified atom stereocenters. The summed E-state index contributed by atoms with van der Waals surface area (Å²) in [5.74, 6) is -0.390. The first-order valence-electron chi connectivity index (χ1n) is 6.11. The molecule has 1 saturated heterocycles. The van der Waals surface area contributed by atoms with E-state index >= 15 is 0 Å². The van der Waals surface area contributed by atoms with E-state index in [-0.39, 0.29) is 5.97 Å². The Bertz CT molecular complexity index is 431. The molecule has 1 aromatic rings. The Labute approximate surface area is 112 Å². The van der Waals surface area contributed by atoms with Crippen LogP contribution in [0.1, 0.15) is 23.2 Å². The number of carbonyl (C=O) groups is 1. The average molecular weight is 269 g/mol. The summed E-state index contributed by atoms with van der Waals surface area (Å²) in [6.45, 7) is 3.39. The van der Waals surface area contributed by atoms with Crippen LogP contribution in [0.25, 0.3) is 0 Å². The van der Waals surface area contributed by atoms with Gasteiger partial charge in [0.15, 0.2) is 0 Å². The summed E-state index contributed by atoms with van der Waals surface area (Å²) in [4.78, 5) is 14.1. The summed E-state index contributed by atoms with van der Waals surface area (Å²) in [6, 6.07) is 4.79. The first-order chi connectivity index (χ1) is 8.66. The largest absolute Gasteiger partial charge is 0.461 e. The second-order valence-electron chi connectivity index (χ2n) is 4.42. The number of hydrogen-bond acceptors (Lipinski definition) is 4. The van der Waals surface area contributed by atoms with Gasteiger partial charge in [-0.2, -0.15) is 0 Å². The van der Waals surface area contributed by atoms with Crippen LogP contribution >= 0.6 is 11.6 Å². The molecule has 0 aromatic heterocycles. The highest BCUT2D eigenvalue weighted by atomic mass is 35.5. The molecule has 0 atom stereocenters. The van der Waals surface area contributed by atoms with Gasteiger partial charge in [-0.05, 0) is 44.1 Å². The number of esters is 1. The van der Waals surface area contributed by atoms with Gasteiger partial charge in [0.1, 0.15) is 6.61 Å². The van der Waals surface area contributed by atoms with Crippen molar-refractivity contribution < 1.29 is 9.53 Å². The van der Waals surface area contributed by atoms with Crippen molar-refractivity contribution in [3.8, 4) is 0 Å². The van der Waals surface area contributed by atoms with Crippen LogP contribution in [0.4, 0.5) is 5.69 Å². The molecule has 1 heterocycles. The minimum Gasteiger partial charge on any atom is -0.461 e. The fourth-order valence-electron chi connectivity index (χ4n) is 2.05. The lowest BCUT2D eigenvalue weighted by atomic mass is 10.2. The molecule has 1 aliphatic heterocycles. The summed E-state index contributed by atoms with van der Waals surface area (Å²) in [5, 5.41) is 0.334. The number of nitrogen functional groups attached to an aromatic ring is 1. The van der Waals surface area contributed by atoms with Crippen LogP contribution in [0, 0.1) is 0 Å². The molecular weight excluding hydrogens is 252 g/mol. The predicted molar refractivity (Wildman–Crippen MR) is 71.8 cm³/mol. The first kappa shape index (κ1) is 13.2. The molecule has 1 fully saturated rings. The predicted octanol–water partition coefficient (Wildman–Crippen LogP) is 2.17. The summed E-state index contributed by atoms with van der Waals surface area (Å²) >= 11 is 5.94. The second-order valence-corrected chi connectivity index (χ2v) is 4.83. The number of halogens is 1. The van der Waals surface area contributed by atoms with Crippen molar-refractivity contribution in [1.82, 2.24) is 4.90 Å². The van der Waals surface area contributed by atoms with Crippen LogP contribution in [0.5, 0.6) is 0 Å². The van der Waals surface area contributed by atoms with E-state index in [0.717, 1.165) is 19.6 Å². The second kappa shape index (κ2) is 6.07. The van der Waals surface area contributed by atoms with Gasteiger partial charge < -0.3 is 10.5 Å². The highest BCUT2D eigenvalue weighted by Gasteiger charge is 2.14. The molecule has 5 heteroatoms. The normalized spacial score (nSPS) is 15.8. The molecule has 0 bridgehead atoms. The number of anilines is 1. The highest BCUT2D eigenvalue weighted by molar-refractivity contribution is 6.33. The molecule has 1 aliphatic rings. The third kappa shape index (κ3) is 3.37. The molecule has 2 rings (SSSR count). The van der Waals surface area contributed by atoms with Crippen molar-refractivity contribution in [2.24, 2.45) is 0 Å². The molecule has 0 saturated carbocycles. The molecule has 2 N–H and O–H groups in total. The number of benzene rings is 1. The Kier molecular flexibility index (Phi) is 4.44. The highest BCUT2D eigenvalue weighted by Crippen LogP contribution is 2.20. The molecule has 98 valence electrons. The van der Waals surface area contributed by atoms with Gasteiger partial charge >= 0.3 is 5.97 Å². The zero-order chi connectivity index (χ0) is 13.0. The van der Waals surface area contributed by atoms with Gasteiger partial charge in [-0.1, -0.05) is 11.6 Å². The summed E-state index contributed by atoms with van der Waals surface area (Å²) in [6.07, 6.45) is 2.47. The molecule has 0 radical (unpaired) electrons. The number of rotatable bonds is 4. The minimum atomic E-state index is -0.390. The Balaban J connectivity index is 1.83. The smallest absolute Gasteiger partial charge is 0.339 e. The van der Waals surface area contributed by atoms with E-state index in [4.69, 9.17) is 22.1 Å². The first-order valence-corrected chi connectivity index (χ1v) is 6.49. The Morgan fingerprint density at radius 1 is 1.39 bits per heavy atom. The van der Waals surface area contributed by atoms with Crippen molar-refractivity contribution >= 4 is 23.3 Å². The average Bonchev–Trinajstić information content (AvgIpc) is 2.81. The van der Waals surface area contributed by atoms with Crippen LogP contribution < -0.4 is 5.73 Å². The number of nitrogens with zero attached hydrogens (tertiary/aromatic N) is 1. The van der Waals surface area contributed by atoms with Crippen molar-refractivity contribution in [2.45, 2.75) is 12.8 Å². The van der Waals surface area contributed by atoms with Gasteiger partial charge in [0.2, 0.25) is 0 Å². The van der Waals surface area contributed by atoms with E-state index in [2.05, 4.69) is 4.90 Å². The SMILES string of the molecule is Nc1ccc(C(=O)OCCN2CCCC2)c(Cl)c1. The summed E-state index contributed by atoms with van der Waals surface area (Å²) in [5.41, 5.74) is 6.47. The number of carbonyl (C=O) groups excluding carboxylic acids is 1. The zero-order valence-corrected chi connectivity index (χ0v) is 10.9. The minimum absolute atomic E-state index is 0.334. The standard InChI is InChI=1S/C13H17ClN2O2/c14-12-9-10(15)3-4-11(12)13(17)18-8-7-16-5-1-2-6-16/h3-4,9H,1-2,5-8,15H2. The quantitative estimate of drug-likeness (QED) is 0.672. The van der Waals surface area contributed by atoms with Crippen LogP contribution in [-0.4, -0.2) is 37.1 Å². The zero-order valence-electron chi connectivity index (χ0n) is 10.2. The fourth-order valence-corrected chi connectivity index (χ4v) is 2.31. The lowest BCUT2D eigenvalue weighted by Crippen LogP contribution is -2.25. The van der Waals surface area contributed by atoms with E-state index in [9.17, 15) is 4.79 Å². The third-order valence-electron chi connectivity index (χ3n) is 3.05. The molecule has 0 aliphatic carbocycles. The summed E-state index contributed by atoms with van der Waals surface area (Å²) in [7, 11) is 0. The number of ether oxygens (including phenoxy) is 1. The number of hydrogen-bond donors (Lipinski definition) is 1. The Morgan fingerprint density at radius 3 is 2.78 bits per heavy atom. The van der Waals surface area contributed by atoms with E-state index in [1.165, 1.54) is 12.8 Å². The van der Waals surface area contributed by atoms with Gasteiger partial charge in [-0.25, -0.2) is 4.79 Å². The van der Waals surface area contributed by atoms with Crippen molar-refractivity contribution in [2.75, 3.05) is 32.0 Å². The molecule has 0 spiro atoms. The molecule has 0 amide bonds. The molecule has 1 aromatic carbocycles. The summed E-state index contributed by atoms with van der Waals surface area (Å²) < 4.78 is 5.20. The topological polar surface area (TPSA) is 55.6 Å². The van der Waals surface area contributed by atoms with Gasteiger partial charge in [0.25, 0.3) is 0 Å². The van der Waals surface area contributed by atoms with Crippen LogP contribution in [-0.2, 0) is 4.74 Å². The number of nitrogens with two attached hydrogens (primary N) is 1. The van der Waals surface area contributed by atoms with Crippen LogP contribution in [0.3, 0.4) is 0 Å². The van der Waals surface area contributed by atoms with Gasteiger partial charge in [-0.15, -0.1) is 0 Å². The van der Waals surface area contributed by atoms with E-state index < -0.39 is 0 Å². The number of likely N-dealkylation sites (tertiary alicyclic amines) is 1. The third-order valence-corrected chi connectivity index (χ3v) is 3.37. The molecule has 18 heavy (non-hydrogen) atoms. The lowest BCUT2D eigenvalue weighted by Gasteiger charge is -2.14. The van der Waals surface area contributed by atoms with E-state index in [1.807, 2.05) is 0 Å². The monoisotopic (exact) mass is 268 g/mol. The van der Waals surface area contributed by atoms with Gasteiger partial charge in [0, 0.05) is 12.2 Å². The Hall–Kier alpha value is -1.26. The van der Waals surface area contributed by atoms with Crippen molar-refractivity contribution in [3.05, 3.63) is 28.8 Å². The Morgan fingerprint density at radius 2 is 2.11 bits per heavy atom. The maximum absolute atomic E-state index is 11.8. The van der Waals surface area contributed by atoms with Gasteiger partial charge in [0.05, 0.1) is 10.6 Å². The molecular formula is C13H17ClN2O2. The maximum atomic E-state index is 11.8. The van der Waals surface area contributed by atoms with Crippen molar-refractivity contribution in [3.63, 3.8) is 0 Å². The fraction of sp³-hybridized carbons (Fsp3) is 0.462. The van der Waals surface area contributed by atoms with E-state index in [1.54, 1.807) is 18.2 Å². The van der Waals surface area contributed by atoms with Gasteiger partial charge in [-0.3, -0.25) is 4.90 Å². The van der Waals surface area contributed by atoms with Crippen molar-refractivity contribution in [1.29, 1.82) is 0 Å². The molecule has 4 nitrogen and oxygen atoms in total. The van der Waals surface area contributed by atoms with Crippen LogP contribution in [0.15, 0.2) is 18.2 Å².